The summed E-state index contributed by atoms with van der Waals surface area (Å²) in [6, 6.07) is 9.85. The molecule has 0 aromatic heterocycles. The third-order valence-corrected chi connectivity index (χ3v) is 6.15. The summed E-state index contributed by atoms with van der Waals surface area (Å²) >= 11 is 6.39. The fraction of sp³-hybridized carbons (Fsp3) is 0.414. The number of rotatable bonds is 8. The number of nitrogens with one attached hydrogen (secondary N) is 2. The number of halogens is 1. The summed E-state index contributed by atoms with van der Waals surface area (Å²) in [4.78, 5) is 41.7. The standard InChI is InChI=1S/C29H36ClN3O4/c1-9-19(4)33(27(35)20(5)31-28(36)37-29(6,7)8)25(22-16-12-11-15-21(22)10-2)26(34)32-24-18(3)14-13-17-23(24)30/h2,11-17,19-20,25H,9H2,1,3-8H3,(H,31,36)(H,32,34). The fourth-order valence-corrected chi connectivity index (χ4v) is 4.10. The molecule has 8 heteroatoms. The Bertz CT molecular complexity index is 1160. The highest BCUT2D eigenvalue weighted by Gasteiger charge is 2.38. The van der Waals surface area contributed by atoms with E-state index in [1.165, 1.54) is 4.90 Å². The van der Waals surface area contributed by atoms with Gasteiger partial charge in [0.1, 0.15) is 17.7 Å². The maximum absolute atomic E-state index is 13.9. The fourth-order valence-electron chi connectivity index (χ4n) is 3.83. The molecule has 3 atom stereocenters. The molecule has 0 saturated heterocycles. The van der Waals surface area contributed by atoms with Gasteiger partial charge in [-0.3, -0.25) is 9.59 Å². The molecule has 37 heavy (non-hydrogen) atoms. The van der Waals surface area contributed by atoms with Crippen molar-refractivity contribution in [2.75, 3.05) is 5.32 Å². The van der Waals surface area contributed by atoms with Crippen molar-refractivity contribution in [3.63, 3.8) is 0 Å². The average molecular weight is 526 g/mol. The number of carbonyl (C=O) groups excluding carboxylic acids is 3. The molecule has 0 fully saturated rings. The summed E-state index contributed by atoms with van der Waals surface area (Å²) in [5.41, 5.74) is 1.46. The number of terminal acetylenes is 1. The first-order valence-corrected chi connectivity index (χ1v) is 12.6. The summed E-state index contributed by atoms with van der Waals surface area (Å²) in [5, 5.41) is 5.87. The molecule has 0 radical (unpaired) electrons. The number of nitrogens with zero attached hydrogens (tertiary/aromatic N) is 1. The number of amides is 3. The van der Waals surface area contributed by atoms with Crippen LogP contribution >= 0.6 is 11.6 Å². The van der Waals surface area contributed by atoms with Crippen LogP contribution < -0.4 is 10.6 Å². The van der Waals surface area contributed by atoms with Crippen molar-refractivity contribution in [1.82, 2.24) is 10.2 Å². The highest BCUT2D eigenvalue weighted by Crippen LogP contribution is 2.32. The molecule has 198 valence electrons. The lowest BCUT2D eigenvalue weighted by atomic mass is 9.95. The normalized spacial score (nSPS) is 13.5. The number of hydrogen-bond donors (Lipinski definition) is 2. The lowest BCUT2D eigenvalue weighted by Crippen LogP contribution is -2.54. The van der Waals surface area contributed by atoms with Crippen LogP contribution in [0.2, 0.25) is 5.02 Å². The highest BCUT2D eigenvalue weighted by molar-refractivity contribution is 6.34. The third-order valence-electron chi connectivity index (χ3n) is 5.83. The van der Waals surface area contributed by atoms with E-state index in [-0.39, 0.29) is 6.04 Å². The Balaban J connectivity index is 2.58. The van der Waals surface area contributed by atoms with Crippen molar-refractivity contribution in [1.29, 1.82) is 0 Å². The second kappa shape index (κ2) is 12.6. The first-order valence-electron chi connectivity index (χ1n) is 12.2. The van der Waals surface area contributed by atoms with Crippen LogP contribution in [0.3, 0.4) is 0 Å². The number of anilines is 1. The molecule has 2 N–H and O–H groups in total. The van der Waals surface area contributed by atoms with Gasteiger partial charge in [-0.2, -0.15) is 0 Å². The first kappa shape index (κ1) is 29.7. The van der Waals surface area contributed by atoms with E-state index in [0.717, 1.165) is 5.56 Å². The van der Waals surface area contributed by atoms with Crippen molar-refractivity contribution >= 4 is 35.2 Å². The molecule has 3 unspecified atom stereocenters. The van der Waals surface area contributed by atoms with Crippen molar-refractivity contribution in [2.45, 2.75) is 78.6 Å². The molecule has 0 aliphatic carbocycles. The smallest absolute Gasteiger partial charge is 0.408 e. The molecule has 0 bridgehead atoms. The van der Waals surface area contributed by atoms with Gasteiger partial charge in [-0.05, 0) is 71.2 Å². The van der Waals surface area contributed by atoms with E-state index in [2.05, 4.69) is 16.6 Å². The Kier molecular flexibility index (Phi) is 10.2. The molecule has 0 spiro atoms. The number of benzene rings is 2. The summed E-state index contributed by atoms with van der Waals surface area (Å²) in [7, 11) is 0. The first-order chi connectivity index (χ1) is 17.3. The zero-order valence-corrected chi connectivity index (χ0v) is 23.3. The predicted octanol–water partition coefficient (Wildman–Crippen LogP) is 5.85. The van der Waals surface area contributed by atoms with Gasteiger partial charge >= 0.3 is 6.09 Å². The van der Waals surface area contributed by atoms with Gasteiger partial charge in [0, 0.05) is 11.6 Å². The van der Waals surface area contributed by atoms with Gasteiger partial charge in [-0.25, -0.2) is 4.79 Å². The van der Waals surface area contributed by atoms with Crippen LogP contribution in [0, 0.1) is 19.3 Å². The van der Waals surface area contributed by atoms with Crippen LogP contribution in [0.15, 0.2) is 42.5 Å². The molecule has 2 aromatic carbocycles. The third kappa shape index (κ3) is 7.74. The van der Waals surface area contributed by atoms with Crippen LogP contribution in [0.1, 0.15) is 70.7 Å². The minimum atomic E-state index is -1.09. The maximum atomic E-state index is 13.9. The predicted molar refractivity (Wildman–Crippen MR) is 147 cm³/mol. The molecule has 0 saturated carbocycles. The average Bonchev–Trinajstić information content (AvgIpc) is 2.82. The number of para-hydroxylation sites is 1. The molecule has 7 nitrogen and oxygen atoms in total. The number of hydrogen-bond acceptors (Lipinski definition) is 4. The van der Waals surface area contributed by atoms with E-state index in [4.69, 9.17) is 22.8 Å². The van der Waals surface area contributed by atoms with Gasteiger partial charge < -0.3 is 20.3 Å². The van der Waals surface area contributed by atoms with Crippen LogP contribution in [-0.2, 0) is 14.3 Å². The lowest BCUT2D eigenvalue weighted by molar-refractivity contribution is -0.143. The Hall–Kier alpha value is -3.50. The Morgan fingerprint density at radius 2 is 1.76 bits per heavy atom. The quantitative estimate of drug-likeness (QED) is 0.423. The van der Waals surface area contributed by atoms with Crippen molar-refractivity contribution < 1.29 is 19.1 Å². The van der Waals surface area contributed by atoms with Crippen LogP contribution in [0.5, 0.6) is 0 Å². The Morgan fingerprint density at radius 3 is 2.32 bits per heavy atom. The van der Waals surface area contributed by atoms with E-state index in [0.29, 0.717) is 28.3 Å². The molecular weight excluding hydrogens is 490 g/mol. The minimum Gasteiger partial charge on any atom is -0.444 e. The molecule has 0 aliphatic rings. The molecule has 0 heterocycles. The second-order valence-corrected chi connectivity index (χ2v) is 10.3. The molecule has 2 aromatic rings. The Morgan fingerprint density at radius 1 is 1.11 bits per heavy atom. The van der Waals surface area contributed by atoms with E-state index in [9.17, 15) is 14.4 Å². The van der Waals surface area contributed by atoms with E-state index >= 15 is 0 Å². The van der Waals surface area contributed by atoms with Crippen LogP contribution in [0.4, 0.5) is 10.5 Å². The van der Waals surface area contributed by atoms with E-state index < -0.39 is 35.6 Å². The number of alkyl carbamates (subject to hydrolysis) is 1. The van der Waals surface area contributed by atoms with Gasteiger partial charge in [-0.15, -0.1) is 6.42 Å². The Labute approximate surface area is 224 Å². The molecule has 3 amide bonds. The van der Waals surface area contributed by atoms with Crippen molar-refractivity contribution in [3.8, 4) is 12.3 Å². The zero-order chi connectivity index (χ0) is 27.9. The second-order valence-electron chi connectivity index (χ2n) is 9.93. The van der Waals surface area contributed by atoms with Crippen LogP contribution in [-0.4, -0.2) is 40.5 Å². The SMILES string of the molecule is C#Cc1ccccc1C(C(=O)Nc1c(C)cccc1Cl)N(C(=O)C(C)NC(=O)OC(C)(C)C)C(C)CC. The number of carbonyl (C=O) groups is 3. The number of ether oxygens (including phenoxy) is 1. The van der Waals surface area contributed by atoms with Gasteiger partial charge in [0.25, 0.3) is 5.91 Å². The van der Waals surface area contributed by atoms with E-state index in [1.807, 2.05) is 26.8 Å². The van der Waals surface area contributed by atoms with Gasteiger partial charge in [0.2, 0.25) is 5.91 Å². The molecule has 0 aliphatic heterocycles. The van der Waals surface area contributed by atoms with Crippen molar-refractivity contribution in [2.24, 2.45) is 0 Å². The van der Waals surface area contributed by atoms with E-state index in [1.54, 1.807) is 64.1 Å². The topological polar surface area (TPSA) is 87.7 Å². The zero-order valence-electron chi connectivity index (χ0n) is 22.5. The molecular formula is C29H36ClN3O4. The van der Waals surface area contributed by atoms with Crippen LogP contribution in [0.25, 0.3) is 0 Å². The largest absolute Gasteiger partial charge is 0.444 e. The van der Waals surface area contributed by atoms with Gasteiger partial charge in [0.15, 0.2) is 0 Å². The summed E-state index contributed by atoms with van der Waals surface area (Å²) in [6.45, 7) is 12.3. The summed E-state index contributed by atoms with van der Waals surface area (Å²) in [6.07, 6.45) is 5.60. The minimum absolute atomic E-state index is 0.371. The maximum Gasteiger partial charge on any atom is 0.408 e. The highest BCUT2D eigenvalue weighted by atomic mass is 35.5. The van der Waals surface area contributed by atoms with Crippen molar-refractivity contribution in [3.05, 3.63) is 64.2 Å². The van der Waals surface area contributed by atoms with Gasteiger partial charge in [0.05, 0.1) is 10.7 Å². The summed E-state index contributed by atoms with van der Waals surface area (Å²) in [5.74, 6) is 1.69. The van der Waals surface area contributed by atoms with Gasteiger partial charge in [-0.1, -0.05) is 54.8 Å². The monoisotopic (exact) mass is 525 g/mol. The number of aryl methyl sites for hydroxylation is 1. The summed E-state index contributed by atoms with van der Waals surface area (Å²) < 4.78 is 5.32. The molecule has 2 rings (SSSR count). The lowest BCUT2D eigenvalue weighted by Gasteiger charge is -2.38.